The molecule has 5 heteroatoms. The van der Waals surface area contributed by atoms with E-state index in [0.717, 1.165) is 54.4 Å². The summed E-state index contributed by atoms with van der Waals surface area (Å²) in [6.45, 7) is 17.2. The molecule has 0 amide bonds. The van der Waals surface area contributed by atoms with Gasteiger partial charge < -0.3 is 15.1 Å². The number of phenolic OH excluding ortho intramolecular Hbond substituents is 1. The molecule has 0 atom stereocenters. The lowest BCUT2D eigenvalue weighted by Crippen LogP contribution is -2.49. The summed E-state index contributed by atoms with van der Waals surface area (Å²) >= 11 is 5.83. The molecule has 0 aromatic heterocycles. The largest absolute Gasteiger partial charge is 0.507 e. The van der Waals surface area contributed by atoms with Crippen LogP contribution in [0, 0.1) is 0 Å². The van der Waals surface area contributed by atoms with Crippen LogP contribution in [-0.4, -0.2) is 64.3 Å². The van der Waals surface area contributed by atoms with Crippen molar-refractivity contribution in [2.24, 2.45) is 0 Å². The summed E-state index contributed by atoms with van der Waals surface area (Å²) in [7, 11) is 0. The molecule has 0 unspecified atom stereocenters. The fraction of sp³-hybridized carbons (Fsp3) is 0.667. The summed E-state index contributed by atoms with van der Waals surface area (Å²) in [6, 6.07) is 4.13. The predicted molar refractivity (Wildman–Crippen MR) is 112 cm³/mol. The van der Waals surface area contributed by atoms with Gasteiger partial charge in [-0.3, -0.25) is 4.90 Å². The molecule has 4 nitrogen and oxygen atoms in total. The number of thiocarbonyl (C=S) groups is 1. The second-order valence-corrected chi connectivity index (χ2v) is 9.66. The topological polar surface area (TPSA) is 46.9 Å². The average Bonchev–Trinajstić information content (AvgIpc) is 2.53. The second-order valence-electron chi connectivity index (χ2n) is 9.28. The van der Waals surface area contributed by atoms with E-state index >= 15 is 0 Å². The SMILES string of the molecule is CC(C)(C)c1cc(C(=S)N2CCN(CCO)CC2)cc(C(C)(C)C)c1O. The van der Waals surface area contributed by atoms with Gasteiger partial charge >= 0.3 is 0 Å². The third-order valence-electron chi connectivity index (χ3n) is 5.05. The fourth-order valence-corrected chi connectivity index (χ4v) is 3.70. The summed E-state index contributed by atoms with van der Waals surface area (Å²) in [5, 5.41) is 20.0. The van der Waals surface area contributed by atoms with Crippen LogP contribution in [0.4, 0.5) is 0 Å². The zero-order valence-electron chi connectivity index (χ0n) is 17.1. The molecule has 1 fully saturated rings. The molecule has 0 radical (unpaired) electrons. The van der Waals surface area contributed by atoms with Crippen molar-refractivity contribution < 1.29 is 10.2 Å². The molecule has 2 rings (SSSR count). The van der Waals surface area contributed by atoms with Crippen LogP contribution in [0.15, 0.2) is 12.1 Å². The zero-order chi connectivity index (χ0) is 19.7. The number of hydrogen-bond donors (Lipinski definition) is 2. The van der Waals surface area contributed by atoms with Gasteiger partial charge in [-0.15, -0.1) is 0 Å². The molecule has 1 aromatic rings. The van der Waals surface area contributed by atoms with Crippen LogP contribution >= 0.6 is 12.2 Å². The lowest BCUT2D eigenvalue weighted by atomic mass is 9.78. The van der Waals surface area contributed by atoms with Crippen molar-refractivity contribution in [3.05, 3.63) is 28.8 Å². The summed E-state index contributed by atoms with van der Waals surface area (Å²) in [4.78, 5) is 5.36. The molecule has 146 valence electrons. The molecule has 1 aromatic carbocycles. The van der Waals surface area contributed by atoms with Crippen molar-refractivity contribution in [3.63, 3.8) is 0 Å². The maximum absolute atomic E-state index is 10.9. The van der Waals surface area contributed by atoms with Gasteiger partial charge in [0.05, 0.1) is 6.61 Å². The fourth-order valence-electron chi connectivity index (χ4n) is 3.40. The van der Waals surface area contributed by atoms with Crippen molar-refractivity contribution in [1.29, 1.82) is 0 Å². The number of aromatic hydroxyl groups is 1. The maximum Gasteiger partial charge on any atom is 0.123 e. The molecule has 1 aliphatic rings. The Morgan fingerprint density at radius 2 is 1.42 bits per heavy atom. The molecule has 0 bridgehead atoms. The van der Waals surface area contributed by atoms with Crippen LogP contribution in [0.1, 0.15) is 58.2 Å². The zero-order valence-corrected chi connectivity index (χ0v) is 17.9. The standard InChI is InChI=1S/C21H34N2O2S/c1-20(2,3)16-13-15(14-17(18(16)25)21(4,5)6)19(26)23-9-7-22(8-10-23)11-12-24/h13-14,24-25H,7-12H2,1-6H3. The Labute approximate surface area is 163 Å². The van der Waals surface area contributed by atoms with Gasteiger partial charge in [-0.2, -0.15) is 0 Å². The molecule has 1 aliphatic heterocycles. The Bertz CT molecular complexity index is 616. The Balaban J connectivity index is 2.35. The van der Waals surface area contributed by atoms with Gasteiger partial charge in [0.1, 0.15) is 10.7 Å². The van der Waals surface area contributed by atoms with E-state index in [1.807, 2.05) is 0 Å². The van der Waals surface area contributed by atoms with Crippen LogP contribution in [0.3, 0.4) is 0 Å². The van der Waals surface area contributed by atoms with Gasteiger partial charge in [-0.25, -0.2) is 0 Å². The van der Waals surface area contributed by atoms with E-state index in [0.29, 0.717) is 5.75 Å². The number of aliphatic hydroxyl groups excluding tert-OH is 1. The van der Waals surface area contributed by atoms with Gasteiger partial charge in [0.2, 0.25) is 0 Å². The molecule has 0 aliphatic carbocycles. The van der Waals surface area contributed by atoms with E-state index in [-0.39, 0.29) is 17.4 Å². The number of aliphatic hydroxyl groups is 1. The highest BCUT2D eigenvalue weighted by atomic mass is 32.1. The van der Waals surface area contributed by atoms with Crippen LogP contribution in [0.2, 0.25) is 0 Å². The molecule has 2 N–H and O–H groups in total. The van der Waals surface area contributed by atoms with Gasteiger partial charge in [0.15, 0.2) is 0 Å². The Kier molecular flexibility index (Phi) is 6.36. The van der Waals surface area contributed by atoms with E-state index < -0.39 is 0 Å². The van der Waals surface area contributed by atoms with E-state index in [1.165, 1.54) is 0 Å². The molecular formula is C21H34N2O2S. The first-order valence-corrected chi connectivity index (χ1v) is 9.86. The highest BCUT2D eigenvalue weighted by Crippen LogP contribution is 2.40. The van der Waals surface area contributed by atoms with Crippen LogP contribution in [0.5, 0.6) is 5.75 Å². The highest BCUT2D eigenvalue weighted by Gasteiger charge is 2.28. The van der Waals surface area contributed by atoms with Crippen molar-refractivity contribution in [2.75, 3.05) is 39.3 Å². The minimum atomic E-state index is -0.157. The van der Waals surface area contributed by atoms with Crippen LogP contribution < -0.4 is 0 Å². The van der Waals surface area contributed by atoms with E-state index in [9.17, 15) is 5.11 Å². The number of phenols is 1. The summed E-state index contributed by atoms with van der Waals surface area (Å²) in [6.07, 6.45) is 0. The minimum absolute atomic E-state index is 0.157. The van der Waals surface area contributed by atoms with Crippen LogP contribution in [0.25, 0.3) is 0 Å². The first-order valence-electron chi connectivity index (χ1n) is 9.45. The van der Waals surface area contributed by atoms with Gasteiger partial charge in [0.25, 0.3) is 0 Å². The minimum Gasteiger partial charge on any atom is -0.507 e. The molecule has 1 heterocycles. The Morgan fingerprint density at radius 3 is 1.81 bits per heavy atom. The average molecular weight is 379 g/mol. The van der Waals surface area contributed by atoms with Crippen molar-refractivity contribution in [3.8, 4) is 5.75 Å². The number of hydrogen-bond acceptors (Lipinski definition) is 4. The molecule has 0 spiro atoms. The Hall–Kier alpha value is -1.17. The van der Waals surface area contributed by atoms with Crippen LogP contribution in [-0.2, 0) is 10.8 Å². The molecule has 26 heavy (non-hydrogen) atoms. The normalized spacial score (nSPS) is 16.8. The van der Waals surface area contributed by atoms with Gasteiger partial charge in [-0.1, -0.05) is 53.8 Å². The van der Waals surface area contributed by atoms with Gasteiger partial charge in [0, 0.05) is 49.4 Å². The molecule has 0 saturated carbocycles. The van der Waals surface area contributed by atoms with Crippen molar-refractivity contribution in [2.45, 2.75) is 52.4 Å². The van der Waals surface area contributed by atoms with E-state index in [4.69, 9.17) is 17.3 Å². The lowest BCUT2D eigenvalue weighted by molar-refractivity contribution is 0.148. The number of rotatable bonds is 3. The predicted octanol–water partition coefficient (Wildman–Crippen LogP) is 3.27. The van der Waals surface area contributed by atoms with Crippen molar-refractivity contribution in [1.82, 2.24) is 9.80 Å². The first kappa shape index (κ1) is 21.1. The number of β-amino-alcohol motifs (C(OH)–C–C–N with tert-alkyl or cyclic N) is 1. The van der Waals surface area contributed by atoms with E-state index in [2.05, 4.69) is 63.5 Å². The summed E-state index contributed by atoms with van der Waals surface area (Å²) < 4.78 is 0. The maximum atomic E-state index is 10.9. The lowest BCUT2D eigenvalue weighted by Gasteiger charge is -2.36. The molecular weight excluding hydrogens is 344 g/mol. The second kappa shape index (κ2) is 7.83. The Morgan fingerprint density at radius 1 is 0.962 bits per heavy atom. The number of piperazine rings is 1. The van der Waals surface area contributed by atoms with E-state index in [1.54, 1.807) is 0 Å². The third-order valence-corrected chi connectivity index (χ3v) is 5.54. The highest BCUT2D eigenvalue weighted by molar-refractivity contribution is 7.80. The molecule has 1 saturated heterocycles. The quantitative estimate of drug-likeness (QED) is 0.791. The summed E-state index contributed by atoms with van der Waals surface area (Å²) in [5.74, 6) is 0.393. The number of nitrogens with zero attached hydrogens (tertiary/aromatic N) is 2. The number of benzene rings is 1. The monoisotopic (exact) mass is 378 g/mol. The smallest absolute Gasteiger partial charge is 0.123 e. The van der Waals surface area contributed by atoms with Gasteiger partial charge in [-0.05, 0) is 23.0 Å². The van der Waals surface area contributed by atoms with Crippen molar-refractivity contribution >= 4 is 17.2 Å². The summed E-state index contributed by atoms with van der Waals surface area (Å²) in [5.41, 5.74) is 2.59. The third kappa shape index (κ3) is 4.76. The first-order chi connectivity index (χ1) is 11.9.